The standard InChI is InChI=1S/C17H18N8O/c1-10-7-13(21-17-11(10)9-19-25(17)3)20-14-8-12(23-24(14)2)16-18-6-5-15(22-16)26-4/h5-9H,1-4H3,(H,20,21). The molecule has 0 amide bonds. The third-order valence-electron chi connectivity index (χ3n) is 4.12. The minimum Gasteiger partial charge on any atom is -0.481 e. The second kappa shape index (κ2) is 6.10. The van der Waals surface area contributed by atoms with E-state index >= 15 is 0 Å². The van der Waals surface area contributed by atoms with Crippen LogP contribution in [0.1, 0.15) is 5.56 Å². The summed E-state index contributed by atoms with van der Waals surface area (Å²) in [6, 6.07) is 5.55. The highest BCUT2D eigenvalue weighted by Crippen LogP contribution is 2.24. The average Bonchev–Trinajstić information content (AvgIpc) is 3.19. The second-order valence-electron chi connectivity index (χ2n) is 5.92. The Bertz CT molecular complexity index is 1100. The van der Waals surface area contributed by atoms with E-state index in [1.807, 2.05) is 39.3 Å². The zero-order chi connectivity index (χ0) is 18.3. The van der Waals surface area contributed by atoms with Gasteiger partial charge in [-0.3, -0.25) is 9.36 Å². The molecule has 0 radical (unpaired) electrons. The van der Waals surface area contributed by atoms with Crippen LogP contribution >= 0.6 is 0 Å². The van der Waals surface area contributed by atoms with Crippen LogP contribution < -0.4 is 10.1 Å². The number of ether oxygens (including phenoxy) is 1. The fourth-order valence-electron chi connectivity index (χ4n) is 2.74. The van der Waals surface area contributed by atoms with E-state index in [-0.39, 0.29) is 0 Å². The molecule has 0 spiro atoms. The van der Waals surface area contributed by atoms with Gasteiger partial charge in [-0.15, -0.1) is 0 Å². The smallest absolute Gasteiger partial charge is 0.216 e. The molecule has 0 aliphatic heterocycles. The number of aromatic nitrogens is 7. The molecule has 9 heteroatoms. The Hall–Kier alpha value is -3.49. The van der Waals surface area contributed by atoms with Crippen LogP contribution in [0.15, 0.2) is 30.6 Å². The quantitative estimate of drug-likeness (QED) is 0.603. The van der Waals surface area contributed by atoms with Crippen LogP contribution in [-0.4, -0.2) is 41.6 Å². The molecule has 0 fully saturated rings. The maximum Gasteiger partial charge on any atom is 0.216 e. The lowest BCUT2D eigenvalue weighted by atomic mass is 10.2. The minimum absolute atomic E-state index is 0.495. The van der Waals surface area contributed by atoms with Crippen LogP contribution in [0, 0.1) is 6.92 Å². The van der Waals surface area contributed by atoms with Crippen LogP contribution in [-0.2, 0) is 14.1 Å². The third kappa shape index (κ3) is 2.73. The topological polar surface area (TPSA) is 95.6 Å². The predicted molar refractivity (Wildman–Crippen MR) is 97.3 cm³/mol. The molecule has 4 heterocycles. The molecule has 4 rings (SSSR count). The van der Waals surface area contributed by atoms with E-state index in [9.17, 15) is 0 Å². The van der Waals surface area contributed by atoms with Crippen LogP contribution in [0.4, 0.5) is 11.6 Å². The molecule has 1 N–H and O–H groups in total. The summed E-state index contributed by atoms with van der Waals surface area (Å²) in [6.07, 6.45) is 3.47. The molecule has 9 nitrogen and oxygen atoms in total. The third-order valence-corrected chi connectivity index (χ3v) is 4.12. The molecule has 0 atom stereocenters. The first-order valence-corrected chi connectivity index (χ1v) is 8.03. The molecule has 0 saturated carbocycles. The molecule has 132 valence electrons. The largest absolute Gasteiger partial charge is 0.481 e. The van der Waals surface area contributed by atoms with E-state index in [2.05, 4.69) is 30.5 Å². The summed E-state index contributed by atoms with van der Waals surface area (Å²) in [4.78, 5) is 13.2. The van der Waals surface area contributed by atoms with Gasteiger partial charge in [-0.1, -0.05) is 0 Å². The second-order valence-corrected chi connectivity index (χ2v) is 5.92. The fraction of sp³-hybridized carbons (Fsp3) is 0.235. The lowest BCUT2D eigenvalue weighted by Gasteiger charge is -2.07. The summed E-state index contributed by atoms with van der Waals surface area (Å²) in [5, 5.41) is 13.1. The highest BCUT2D eigenvalue weighted by atomic mass is 16.5. The zero-order valence-electron chi connectivity index (χ0n) is 14.9. The van der Waals surface area contributed by atoms with Gasteiger partial charge < -0.3 is 10.1 Å². The summed E-state index contributed by atoms with van der Waals surface area (Å²) < 4.78 is 8.63. The highest BCUT2D eigenvalue weighted by molar-refractivity contribution is 5.81. The summed E-state index contributed by atoms with van der Waals surface area (Å²) in [7, 11) is 5.29. The number of anilines is 2. The normalized spacial score (nSPS) is 11.1. The van der Waals surface area contributed by atoms with E-state index in [0.29, 0.717) is 17.4 Å². The van der Waals surface area contributed by atoms with Gasteiger partial charge in [-0.05, 0) is 18.6 Å². The number of fused-ring (bicyclic) bond motifs is 1. The van der Waals surface area contributed by atoms with Crippen LogP contribution in [0.2, 0.25) is 0 Å². The van der Waals surface area contributed by atoms with Crippen molar-refractivity contribution in [3.63, 3.8) is 0 Å². The molecular formula is C17H18N8O. The minimum atomic E-state index is 0.495. The zero-order valence-corrected chi connectivity index (χ0v) is 14.9. The SMILES string of the molecule is COc1ccnc(-c2cc(Nc3cc(C)c4cnn(C)c4n3)n(C)n2)n1. The van der Waals surface area contributed by atoms with E-state index in [1.54, 1.807) is 28.7 Å². The number of hydrogen-bond donors (Lipinski definition) is 1. The van der Waals surface area contributed by atoms with Crippen molar-refractivity contribution >= 4 is 22.7 Å². The van der Waals surface area contributed by atoms with Crippen molar-refractivity contribution in [2.45, 2.75) is 6.92 Å². The van der Waals surface area contributed by atoms with E-state index < -0.39 is 0 Å². The first-order valence-electron chi connectivity index (χ1n) is 8.03. The van der Waals surface area contributed by atoms with Gasteiger partial charge in [0.2, 0.25) is 5.88 Å². The molecule has 4 aromatic rings. The Labute approximate surface area is 149 Å². The van der Waals surface area contributed by atoms with Crippen molar-refractivity contribution < 1.29 is 4.74 Å². The molecule has 4 aromatic heterocycles. The molecule has 0 bridgehead atoms. The Morgan fingerprint density at radius 1 is 1.12 bits per heavy atom. The van der Waals surface area contributed by atoms with Crippen LogP contribution in [0.5, 0.6) is 5.88 Å². The van der Waals surface area contributed by atoms with Crippen LogP contribution in [0.25, 0.3) is 22.6 Å². The van der Waals surface area contributed by atoms with Gasteiger partial charge in [0.05, 0.1) is 13.3 Å². The number of rotatable bonds is 4. The van der Waals surface area contributed by atoms with Crippen molar-refractivity contribution in [3.05, 3.63) is 36.2 Å². The van der Waals surface area contributed by atoms with Gasteiger partial charge in [-0.2, -0.15) is 15.2 Å². The summed E-state index contributed by atoms with van der Waals surface area (Å²) in [6.45, 7) is 2.04. The first-order chi connectivity index (χ1) is 12.5. The average molecular weight is 350 g/mol. The summed E-state index contributed by atoms with van der Waals surface area (Å²) >= 11 is 0. The Kier molecular flexibility index (Phi) is 3.76. The van der Waals surface area contributed by atoms with E-state index in [0.717, 1.165) is 28.2 Å². The monoisotopic (exact) mass is 350 g/mol. The molecule has 26 heavy (non-hydrogen) atoms. The number of nitrogens with one attached hydrogen (secondary N) is 1. The molecule has 0 unspecified atom stereocenters. The first kappa shape index (κ1) is 16.0. The van der Waals surface area contributed by atoms with Gasteiger partial charge >= 0.3 is 0 Å². The molecule has 0 aliphatic carbocycles. The van der Waals surface area contributed by atoms with Crippen molar-refractivity contribution in [3.8, 4) is 17.4 Å². The van der Waals surface area contributed by atoms with Crippen molar-refractivity contribution in [1.29, 1.82) is 0 Å². The van der Waals surface area contributed by atoms with Gasteiger partial charge in [0, 0.05) is 37.8 Å². The fourth-order valence-corrected chi connectivity index (χ4v) is 2.74. The van der Waals surface area contributed by atoms with Crippen molar-refractivity contribution in [1.82, 2.24) is 34.5 Å². The Balaban J connectivity index is 1.69. The molecule has 0 saturated heterocycles. The van der Waals surface area contributed by atoms with Gasteiger partial charge in [0.15, 0.2) is 11.5 Å². The number of pyridine rings is 1. The summed E-state index contributed by atoms with van der Waals surface area (Å²) in [5.74, 6) is 2.49. The van der Waals surface area contributed by atoms with Gasteiger partial charge in [0.1, 0.15) is 17.3 Å². The molecule has 0 aromatic carbocycles. The number of nitrogens with zero attached hydrogens (tertiary/aromatic N) is 7. The van der Waals surface area contributed by atoms with E-state index in [1.165, 1.54) is 0 Å². The lowest BCUT2D eigenvalue weighted by Crippen LogP contribution is -2.02. The maximum atomic E-state index is 5.15. The lowest BCUT2D eigenvalue weighted by molar-refractivity contribution is 0.397. The predicted octanol–water partition coefficient (Wildman–Crippen LogP) is 2.22. The summed E-state index contributed by atoms with van der Waals surface area (Å²) in [5.41, 5.74) is 2.57. The number of aryl methyl sites for hydroxylation is 3. The maximum absolute atomic E-state index is 5.15. The molecule has 0 aliphatic rings. The highest BCUT2D eigenvalue weighted by Gasteiger charge is 2.13. The molecular weight excluding hydrogens is 332 g/mol. The Morgan fingerprint density at radius 3 is 2.77 bits per heavy atom. The Morgan fingerprint density at radius 2 is 1.96 bits per heavy atom. The van der Waals surface area contributed by atoms with Crippen LogP contribution in [0.3, 0.4) is 0 Å². The van der Waals surface area contributed by atoms with E-state index in [4.69, 9.17) is 4.74 Å². The van der Waals surface area contributed by atoms with Gasteiger partial charge in [-0.25, -0.2) is 9.97 Å². The van der Waals surface area contributed by atoms with Crippen molar-refractivity contribution in [2.75, 3.05) is 12.4 Å². The number of hydrogen-bond acceptors (Lipinski definition) is 7. The van der Waals surface area contributed by atoms with Crippen molar-refractivity contribution in [2.24, 2.45) is 14.1 Å². The van der Waals surface area contributed by atoms with Gasteiger partial charge in [0.25, 0.3) is 0 Å². The number of methoxy groups -OCH3 is 1.